The van der Waals surface area contributed by atoms with Gasteiger partial charge in [-0.2, -0.15) is 0 Å². The topological polar surface area (TPSA) is 35.2 Å². The second kappa shape index (κ2) is 4.75. The van der Waals surface area contributed by atoms with Gasteiger partial charge in [0.15, 0.2) is 0 Å². The molecular formula is C15H20ClNO. The van der Waals surface area contributed by atoms with E-state index in [9.17, 15) is 0 Å². The minimum Gasteiger partial charge on any atom is -0.487 e. The van der Waals surface area contributed by atoms with Gasteiger partial charge in [0.25, 0.3) is 0 Å². The molecule has 3 heteroatoms. The van der Waals surface area contributed by atoms with Crippen molar-refractivity contribution >= 4 is 11.6 Å². The van der Waals surface area contributed by atoms with Crippen molar-refractivity contribution in [2.45, 2.75) is 50.0 Å². The smallest absolute Gasteiger partial charge is 0.123 e. The number of nitrogens with two attached hydrogens (primary N) is 1. The maximum atomic E-state index is 6.31. The first-order chi connectivity index (χ1) is 8.72. The highest BCUT2D eigenvalue weighted by Crippen LogP contribution is 2.49. The van der Waals surface area contributed by atoms with Crippen LogP contribution in [0.1, 0.15) is 50.0 Å². The van der Waals surface area contributed by atoms with E-state index in [1.807, 2.05) is 12.1 Å². The Morgan fingerprint density at radius 2 is 2.11 bits per heavy atom. The quantitative estimate of drug-likeness (QED) is 0.881. The Morgan fingerprint density at radius 3 is 2.83 bits per heavy atom. The molecule has 2 nitrogen and oxygen atoms in total. The predicted octanol–water partition coefficient (Wildman–Crippen LogP) is 3.87. The van der Waals surface area contributed by atoms with Crippen LogP contribution in [0.25, 0.3) is 0 Å². The maximum Gasteiger partial charge on any atom is 0.123 e. The van der Waals surface area contributed by atoms with E-state index >= 15 is 0 Å². The van der Waals surface area contributed by atoms with Gasteiger partial charge in [0.05, 0.1) is 0 Å². The zero-order valence-electron chi connectivity index (χ0n) is 10.6. The van der Waals surface area contributed by atoms with Crippen LogP contribution in [0.5, 0.6) is 5.75 Å². The normalized spacial score (nSPS) is 24.9. The Morgan fingerprint density at radius 1 is 1.33 bits per heavy atom. The fraction of sp³-hybridized carbons (Fsp3) is 0.600. The monoisotopic (exact) mass is 265 g/mol. The number of benzene rings is 1. The summed E-state index contributed by atoms with van der Waals surface area (Å²) in [6, 6.07) is 6.01. The van der Waals surface area contributed by atoms with Crippen molar-refractivity contribution in [2.24, 2.45) is 5.73 Å². The molecule has 0 bridgehead atoms. The molecule has 1 fully saturated rings. The van der Waals surface area contributed by atoms with Crippen molar-refractivity contribution in [3.05, 3.63) is 28.8 Å². The van der Waals surface area contributed by atoms with E-state index in [2.05, 4.69) is 6.07 Å². The first-order valence-corrected chi connectivity index (χ1v) is 7.29. The molecule has 0 amide bonds. The third kappa shape index (κ3) is 2.12. The van der Waals surface area contributed by atoms with Crippen LogP contribution in [0, 0.1) is 0 Å². The van der Waals surface area contributed by atoms with Crippen molar-refractivity contribution in [2.75, 3.05) is 6.54 Å². The summed E-state index contributed by atoms with van der Waals surface area (Å²) in [5.74, 6) is 1.54. The molecule has 1 aliphatic heterocycles. The molecule has 98 valence electrons. The van der Waals surface area contributed by atoms with E-state index in [4.69, 9.17) is 22.1 Å². The molecule has 1 unspecified atom stereocenters. The van der Waals surface area contributed by atoms with Gasteiger partial charge in [-0.1, -0.05) is 11.6 Å². The molecule has 1 saturated carbocycles. The van der Waals surface area contributed by atoms with E-state index in [1.165, 1.54) is 31.2 Å². The highest BCUT2D eigenvalue weighted by atomic mass is 35.5. The molecule has 0 aromatic heterocycles. The lowest BCUT2D eigenvalue weighted by atomic mass is 9.80. The van der Waals surface area contributed by atoms with Crippen LogP contribution in [0.3, 0.4) is 0 Å². The molecule has 3 rings (SSSR count). The second-order valence-corrected chi connectivity index (χ2v) is 6.09. The first kappa shape index (κ1) is 12.3. The van der Waals surface area contributed by atoms with Crippen molar-refractivity contribution < 1.29 is 4.74 Å². The van der Waals surface area contributed by atoms with Crippen LogP contribution in [-0.2, 0) is 0 Å². The van der Waals surface area contributed by atoms with Crippen molar-refractivity contribution in [1.29, 1.82) is 0 Å². The fourth-order valence-electron chi connectivity index (χ4n) is 3.55. The molecular weight excluding hydrogens is 246 g/mol. The lowest BCUT2D eigenvalue weighted by molar-refractivity contribution is 0.0409. The van der Waals surface area contributed by atoms with Crippen LogP contribution in [0.2, 0.25) is 5.02 Å². The molecule has 1 aliphatic carbocycles. The zero-order valence-corrected chi connectivity index (χ0v) is 11.4. The molecule has 1 aromatic carbocycles. The van der Waals surface area contributed by atoms with Crippen molar-refractivity contribution in [1.82, 2.24) is 0 Å². The third-order valence-electron chi connectivity index (χ3n) is 4.39. The second-order valence-electron chi connectivity index (χ2n) is 5.65. The van der Waals surface area contributed by atoms with E-state index in [0.29, 0.717) is 5.92 Å². The van der Waals surface area contributed by atoms with Gasteiger partial charge in [-0.15, -0.1) is 0 Å². The molecule has 1 heterocycles. The summed E-state index contributed by atoms with van der Waals surface area (Å²) in [6.45, 7) is 0.729. The summed E-state index contributed by atoms with van der Waals surface area (Å²) in [5, 5.41) is 0.793. The van der Waals surface area contributed by atoms with Crippen LogP contribution in [0.15, 0.2) is 18.2 Å². The van der Waals surface area contributed by atoms with E-state index in [0.717, 1.165) is 30.2 Å². The Kier molecular flexibility index (Phi) is 3.25. The predicted molar refractivity (Wildman–Crippen MR) is 74.3 cm³/mol. The zero-order chi connectivity index (χ0) is 12.6. The van der Waals surface area contributed by atoms with Crippen LogP contribution < -0.4 is 10.5 Å². The molecule has 1 atom stereocenters. The number of fused-ring (bicyclic) bond motifs is 1. The number of ether oxygens (including phenoxy) is 1. The van der Waals surface area contributed by atoms with Gasteiger partial charge in [0.2, 0.25) is 0 Å². The van der Waals surface area contributed by atoms with E-state index in [-0.39, 0.29) is 5.60 Å². The standard InChI is InChI=1S/C15H20ClNO/c16-12-3-4-14-13(9-12)11(5-8-17)10-15(18-14)6-1-2-7-15/h3-4,9,11H,1-2,5-8,10,17H2. The average Bonchev–Trinajstić information content (AvgIpc) is 2.79. The summed E-state index contributed by atoms with van der Waals surface area (Å²) in [4.78, 5) is 0. The summed E-state index contributed by atoms with van der Waals surface area (Å²) >= 11 is 6.11. The number of hydrogen-bond acceptors (Lipinski definition) is 2. The van der Waals surface area contributed by atoms with E-state index < -0.39 is 0 Å². The van der Waals surface area contributed by atoms with Gasteiger partial charge in [-0.3, -0.25) is 0 Å². The minimum atomic E-state index is 0.0840. The first-order valence-electron chi connectivity index (χ1n) is 6.91. The average molecular weight is 266 g/mol. The maximum absolute atomic E-state index is 6.31. The molecule has 1 aromatic rings. The molecule has 2 aliphatic rings. The third-order valence-corrected chi connectivity index (χ3v) is 4.62. The Balaban J connectivity index is 1.97. The van der Waals surface area contributed by atoms with Gasteiger partial charge in [0, 0.05) is 5.02 Å². The number of rotatable bonds is 2. The van der Waals surface area contributed by atoms with Gasteiger partial charge in [-0.25, -0.2) is 0 Å². The fourth-order valence-corrected chi connectivity index (χ4v) is 3.73. The largest absolute Gasteiger partial charge is 0.487 e. The number of hydrogen-bond donors (Lipinski definition) is 1. The highest BCUT2D eigenvalue weighted by Gasteiger charge is 2.42. The molecule has 18 heavy (non-hydrogen) atoms. The van der Waals surface area contributed by atoms with E-state index in [1.54, 1.807) is 0 Å². The van der Waals surface area contributed by atoms with Gasteiger partial charge in [-0.05, 0) is 74.8 Å². The van der Waals surface area contributed by atoms with Crippen LogP contribution in [0.4, 0.5) is 0 Å². The van der Waals surface area contributed by atoms with Crippen LogP contribution in [-0.4, -0.2) is 12.1 Å². The Hall–Kier alpha value is -0.730. The molecule has 1 spiro atoms. The van der Waals surface area contributed by atoms with Crippen molar-refractivity contribution in [3.63, 3.8) is 0 Å². The molecule has 0 radical (unpaired) electrons. The molecule has 2 N–H and O–H groups in total. The Bertz CT molecular complexity index is 440. The Labute approximate surface area is 113 Å². The SMILES string of the molecule is NCCC1CC2(CCCC2)Oc2ccc(Cl)cc21. The summed E-state index contributed by atoms with van der Waals surface area (Å²) < 4.78 is 6.31. The lowest BCUT2D eigenvalue weighted by Gasteiger charge is -2.40. The minimum absolute atomic E-state index is 0.0840. The van der Waals surface area contributed by atoms with Gasteiger partial charge < -0.3 is 10.5 Å². The van der Waals surface area contributed by atoms with Gasteiger partial charge in [0.1, 0.15) is 11.4 Å². The number of halogens is 1. The lowest BCUT2D eigenvalue weighted by Crippen LogP contribution is -2.38. The summed E-state index contributed by atoms with van der Waals surface area (Å²) in [7, 11) is 0. The van der Waals surface area contributed by atoms with Crippen LogP contribution >= 0.6 is 11.6 Å². The summed E-state index contributed by atoms with van der Waals surface area (Å²) in [6.07, 6.45) is 7.10. The molecule has 0 saturated heterocycles. The highest BCUT2D eigenvalue weighted by molar-refractivity contribution is 6.30. The van der Waals surface area contributed by atoms with Gasteiger partial charge >= 0.3 is 0 Å². The summed E-state index contributed by atoms with van der Waals surface area (Å²) in [5.41, 5.74) is 7.11. The van der Waals surface area contributed by atoms with Crippen molar-refractivity contribution in [3.8, 4) is 5.75 Å².